The third-order valence-electron chi connectivity index (χ3n) is 5.23. The molecule has 0 saturated carbocycles. The molecule has 2 heterocycles. The normalized spacial score (nSPS) is 12.9. The lowest BCUT2D eigenvalue weighted by Crippen LogP contribution is -2.24. The van der Waals surface area contributed by atoms with Crippen molar-refractivity contribution in [3.05, 3.63) is 71.0 Å². The van der Waals surface area contributed by atoms with Crippen LogP contribution in [-0.2, 0) is 13.0 Å². The van der Waals surface area contributed by atoms with E-state index in [1.807, 2.05) is 19.1 Å². The third kappa shape index (κ3) is 5.16. The van der Waals surface area contributed by atoms with Gasteiger partial charge in [-0.05, 0) is 43.2 Å². The minimum Gasteiger partial charge on any atom is -0.405 e. The largest absolute Gasteiger partial charge is 0.573 e. The number of carbonyl (C=O) groups is 1. The molecule has 0 unspecified atom stereocenters. The van der Waals surface area contributed by atoms with E-state index in [9.17, 15) is 18.0 Å². The van der Waals surface area contributed by atoms with Gasteiger partial charge in [0.25, 0.3) is 5.91 Å². The average Bonchev–Trinajstić information content (AvgIpc) is 3.20. The van der Waals surface area contributed by atoms with Crippen molar-refractivity contribution < 1.29 is 22.7 Å². The number of amides is 1. The fourth-order valence-corrected chi connectivity index (χ4v) is 3.75. The molecule has 0 fully saturated rings. The first-order valence-corrected chi connectivity index (χ1v) is 10.3. The molecule has 0 radical (unpaired) electrons. The number of carbonyl (C=O) groups excluding carboxylic acids is 1. The third-order valence-corrected chi connectivity index (χ3v) is 5.23. The van der Waals surface area contributed by atoms with E-state index in [0.717, 1.165) is 29.3 Å². The van der Waals surface area contributed by atoms with Crippen molar-refractivity contribution in [2.45, 2.75) is 26.3 Å². The summed E-state index contributed by atoms with van der Waals surface area (Å²) in [7, 11) is 1.79. The average molecular weight is 457 g/mol. The van der Waals surface area contributed by atoms with E-state index in [4.69, 9.17) is 0 Å². The summed E-state index contributed by atoms with van der Waals surface area (Å²) < 4.78 is 41.9. The Morgan fingerprint density at radius 1 is 1.15 bits per heavy atom. The number of para-hydroxylation sites is 1. The van der Waals surface area contributed by atoms with E-state index in [2.05, 4.69) is 30.2 Å². The van der Waals surface area contributed by atoms with Crippen LogP contribution in [0.3, 0.4) is 0 Å². The van der Waals surface area contributed by atoms with Crippen molar-refractivity contribution in [3.63, 3.8) is 0 Å². The van der Waals surface area contributed by atoms with Crippen LogP contribution in [0.4, 0.5) is 30.5 Å². The number of hydrogen-bond donors (Lipinski definition) is 2. The zero-order valence-corrected chi connectivity index (χ0v) is 18.0. The monoisotopic (exact) mass is 457 g/mol. The van der Waals surface area contributed by atoms with Gasteiger partial charge in [0.2, 0.25) is 0 Å². The van der Waals surface area contributed by atoms with Crippen molar-refractivity contribution in [1.82, 2.24) is 15.3 Å². The van der Waals surface area contributed by atoms with Crippen LogP contribution in [0.1, 0.15) is 27.3 Å². The van der Waals surface area contributed by atoms with Crippen molar-refractivity contribution in [3.8, 4) is 5.75 Å². The predicted molar refractivity (Wildman–Crippen MR) is 118 cm³/mol. The molecule has 4 rings (SSSR count). The molecule has 1 amide bonds. The van der Waals surface area contributed by atoms with E-state index in [-0.39, 0.29) is 23.8 Å². The summed E-state index contributed by atoms with van der Waals surface area (Å²) >= 11 is 0. The summed E-state index contributed by atoms with van der Waals surface area (Å²) in [5.41, 5.74) is 2.61. The number of aryl methyl sites for hydroxylation is 1. The van der Waals surface area contributed by atoms with Gasteiger partial charge in [-0.25, -0.2) is 9.97 Å². The van der Waals surface area contributed by atoms with E-state index in [1.165, 1.54) is 18.2 Å². The summed E-state index contributed by atoms with van der Waals surface area (Å²) in [5, 5.41) is 5.69. The molecule has 1 aromatic heterocycles. The first-order valence-electron chi connectivity index (χ1n) is 10.3. The molecule has 33 heavy (non-hydrogen) atoms. The molecule has 1 aliphatic heterocycles. The van der Waals surface area contributed by atoms with Crippen LogP contribution in [0, 0.1) is 6.92 Å². The number of anilines is 3. The molecule has 0 bridgehead atoms. The molecule has 3 aromatic rings. The zero-order valence-electron chi connectivity index (χ0n) is 18.0. The van der Waals surface area contributed by atoms with Crippen molar-refractivity contribution in [2.24, 2.45) is 0 Å². The molecule has 0 saturated heterocycles. The molecule has 10 heteroatoms. The Morgan fingerprint density at radius 2 is 1.94 bits per heavy atom. The Bertz CT molecular complexity index is 1180. The molecule has 2 aromatic carbocycles. The SMILES string of the molecule is CNc1cc(N2CCc3cc(C(=O)NCc4ccccc4OC(F)(F)F)ccc32)nc(C)n1. The summed E-state index contributed by atoms with van der Waals surface area (Å²) in [5.74, 6) is 1.42. The molecule has 0 atom stereocenters. The van der Waals surface area contributed by atoms with Crippen molar-refractivity contribution >= 4 is 23.2 Å². The highest BCUT2D eigenvalue weighted by molar-refractivity contribution is 5.95. The number of aromatic nitrogens is 2. The van der Waals surface area contributed by atoms with Crippen LogP contribution in [0.25, 0.3) is 0 Å². The first kappa shape index (κ1) is 22.4. The number of ether oxygens (including phenoxy) is 1. The molecule has 2 N–H and O–H groups in total. The standard InChI is InChI=1S/C23H22F3N5O2/c1-14-29-20(27-2)12-21(30-14)31-10-9-15-11-16(7-8-18(15)31)22(32)28-13-17-5-3-4-6-19(17)33-23(24,25)26/h3-8,11-12H,9-10,13H2,1-2H3,(H,28,32)(H,27,29,30). The maximum atomic E-state index is 12.7. The number of alkyl halides is 3. The molecule has 7 nitrogen and oxygen atoms in total. The minimum atomic E-state index is -4.80. The van der Waals surface area contributed by atoms with E-state index < -0.39 is 6.36 Å². The number of benzene rings is 2. The van der Waals surface area contributed by atoms with Crippen LogP contribution in [-0.4, -0.2) is 35.8 Å². The first-order chi connectivity index (χ1) is 15.7. The number of nitrogens with one attached hydrogen (secondary N) is 2. The number of nitrogens with zero attached hydrogens (tertiary/aromatic N) is 3. The van der Waals surface area contributed by atoms with Gasteiger partial charge in [-0.15, -0.1) is 13.2 Å². The summed E-state index contributed by atoms with van der Waals surface area (Å²) in [6.07, 6.45) is -4.07. The predicted octanol–water partition coefficient (Wildman–Crippen LogP) is 4.35. The maximum Gasteiger partial charge on any atom is 0.573 e. The summed E-state index contributed by atoms with van der Waals surface area (Å²) in [4.78, 5) is 23.6. The topological polar surface area (TPSA) is 79.4 Å². The Hall–Kier alpha value is -3.82. The summed E-state index contributed by atoms with van der Waals surface area (Å²) in [6.45, 7) is 2.44. The zero-order chi connectivity index (χ0) is 23.6. The van der Waals surface area contributed by atoms with Gasteiger partial charge in [0, 0.05) is 43.0 Å². The van der Waals surface area contributed by atoms with Gasteiger partial charge in [0.1, 0.15) is 23.2 Å². The number of fused-ring (bicyclic) bond motifs is 1. The van der Waals surface area contributed by atoms with Crippen LogP contribution < -0.4 is 20.3 Å². The van der Waals surface area contributed by atoms with Gasteiger partial charge < -0.3 is 20.3 Å². The van der Waals surface area contributed by atoms with E-state index in [0.29, 0.717) is 17.9 Å². The Labute approximate surface area is 188 Å². The van der Waals surface area contributed by atoms with Crippen molar-refractivity contribution in [2.75, 3.05) is 23.8 Å². The minimum absolute atomic E-state index is 0.0959. The molecule has 0 spiro atoms. The number of halogens is 3. The van der Waals surface area contributed by atoms with Crippen LogP contribution in [0.2, 0.25) is 0 Å². The Balaban J connectivity index is 1.48. The Morgan fingerprint density at radius 3 is 2.70 bits per heavy atom. The smallest absolute Gasteiger partial charge is 0.405 e. The highest BCUT2D eigenvalue weighted by Crippen LogP contribution is 2.35. The molecule has 0 aliphatic carbocycles. The highest BCUT2D eigenvalue weighted by Gasteiger charge is 2.32. The second-order valence-electron chi connectivity index (χ2n) is 7.49. The molecular formula is C23H22F3N5O2. The van der Waals surface area contributed by atoms with Gasteiger partial charge in [0.15, 0.2) is 0 Å². The van der Waals surface area contributed by atoms with Crippen LogP contribution >= 0.6 is 0 Å². The van der Waals surface area contributed by atoms with Gasteiger partial charge in [0.05, 0.1) is 0 Å². The molecular weight excluding hydrogens is 435 g/mol. The van der Waals surface area contributed by atoms with Crippen molar-refractivity contribution in [1.29, 1.82) is 0 Å². The lowest BCUT2D eigenvalue weighted by Gasteiger charge is -2.19. The summed E-state index contributed by atoms with van der Waals surface area (Å²) in [6, 6.07) is 12.9. The molecule has 1 aliphatic rings. The number of hydrogen-bond acceptors (Lipinski definition) is 6. The molecule has 172 valence electrons. The van der Waals surface area contributed by atoms with Gasteiger partial charge in [-0.2, -0.15) is 0 Å². The van der Waals surface area contributed by atoms with E-state index >= 15 is 0 Å². The lowest BCUT2D eigenvalue weighted by atomic mass is 10.1. The van der Waals surface area contributed by atoms with Gasteiger partial charge in [-0.1, -0.05) is 18.2 Å². The number of rotatable bonds is 6. The fourth-order valence-electron chi connectivity index (χ4n) is 3.75. The van der Waals surface area contributed by atoms with E-state index in [1.54, 1.807) is 25.2 Å². The highest BCUT2D eigenvalue weighted by atomic mass is 19.4. The second-order valence-corrected chi connectivity index (χ2v) is 7.49. The fraction of sp³-hybridized carbons (Fsp3) is 0.261. The Kier molecular flexibility index (Phi) is 6.08. The second kappa shape index (κ2) is 8.97. The van der Waals surface area contributed by atoms with Gasteiger partial charge >= 0.3 is 6.36 Å². The van der Waals surface area contributed by atoms with Crippen LogP contribution in [0.5, 0.6) is 5.75 Å². The van der Waals surface area contributed by atoms with Gasteiger partial charge in [-0.3, -0.25) is 4.79 Å². The lowest BCUT2D eigenvalue weighted by molar-refractivity contribution is -0.274. The maximum absolute atomic E-state index is 12.7. The van der Waals surface area contributed by atoms with Crippen LogP contribution in [0.15, 0.2) is 48.5 Å². The quantitative estimate of drug-likeness (QED) is 0.573.